The SMILES string of the molecule is O=C(O)C1CCC(Nc2snc3ccccc23)C1. The summed E-state index contributed by atoms with van der Waals surface area (Å²) in [6.07, 6.45) is 2.40. The fourth-order valence-corrected chi connectivity index (χ4v) is 3.35. The van der Waals surface area contributed by atoms with Crippen molar-refractivity contribution in [1.82, 2.24) is 4.37 Å². The predicted molar refractivity (Wildman–Crippen MR) is 72.0 cm³/mol. The zero-order valence-electron chi connectivity index (χ0n) is 9.80. The molecule has 2 atom stereocenters. The van der Waals surface area contributed by atoms with E-state index in [1.807, 2.05) is 24.3 Å². The molecule has 1 fully saturated rings. The molecule has 0 bridgehead atoms. The molecule has 5 heteroatoms. The van der Waals surface area contributed by atoms with Crippen LogP contribution in [-0.2, 0) is 4.79 Å². The highest BCUT2D eigenvalue weighted by atomic mass is 32.1. The van der Waals surface area contributed by atoms with Crippen molar-refractivity contribution >= 4 is 33.4 Å². The van der Waals surface area contributed by atoms with Gasteiger partial charge < -0.3 is 10.4 Å². The van der Waals surface area contributed by atoms with E-state index in [1.54, 1.807) is 0 Å². The van der Waals surface area contributed by atoms with E-state index in [-0.39, 0.29) is 12.0 Å². The quantitative estimate of drug-likeness (QED) is 0.892. The minimum Gasteiger partial charge on any atom is -0.481 e. The van der Waals surface area contributed by atoms with Crippen molar-refractivity contribution in [3.05, 3.63) is 24.3 Å². The van der Waals surface area contributed by atoms with E-state index in [1.165, 1.54) is 11.5 Å². The highest BCUT2D eigenvalue weighted by molar-refractivity contribution is 7.11. The summed E-state index contributed by atoms with van der Waals surface area (Å²) < 4.78 is 4.38. The third-order valence-electron chi connectivity index (χ3n) is 3.50. The van der Waals surface area contributed by atoms with Crippen LogP contribution in [0.25, 0.3) is 10.9 Å². The minimum atomic E-state index is -0.673. The van der Waals surface area contributed by atoms with Crippen LogP contribution in [0.2, 0.25) is 0 Å². The largest absolute Gasteiger partial charge is 0.481 e. The third-order valence-corrected chi connectivity index (χ3v) is 4.31. The van der Waals surface area contributed by atoms with Crippen molar-refractivity contribution in [2.45, 2.75) is 25.3 Å². The third kappa shape index (κ3) is 2.06. The van der Waals surface area contributed by atoms with Gasteiger partial charge in [-0.3, -0.25) is 4.79 Å². The number of benzene rings is 1. The average molecular weight is 262 g/mol. The van der Waals surface area contributed by atoms with E-state index in [2.05, 4.69) is 9.69 Å². The number of anilines is 1. The molecule has 18 heavy (non-hydrogen) atoms. The van der Waals surface area contributed by atoms with Gasteiger partial charge in [0.25, 0.3) is 0 Å². The Labute approximate surface area is 109 Å². The smallest absolute Gasteiger partial charge is 0.306 e. The maximum atomic E-state index is 10.9. The van der Waals surface area contributed by atoms with Crippen LogP contribution in [0, 0.1) is 5.92 Å². The van der Waals surface area contributed by atoms with E-state index in [9.17, 15) is 4.79 Å². The molecule has 2 N–H and O–H groups in total. The molecule has 0 radical (unpaired) electrons. The first kappa shape index (κ1) is 11.5. The van der Waals surface area contributed by atoms with Crippen LogP contribution in [0.1, 0.15) is 19.3 Å². The van der Waals surface area contributed by atoms with E-state index in [0.29, 0.717) is 6.42 Å². The van der Waals surface area contributed by atoms with Crippen LogP contribution in [0.5, 0.6) is 0 Å². The van der Waals surface area contributed by atoms with Crippen molar-refractivity contribution in [1.29, 1.82) is 0 Å². The standard InChI is InChI=1S/C13H14N2O2S/c16-13(17)8-5-6-9(7-8)14-12-10-3-1-2-4-11(10)15-18-12/h1-4,8-9,14H,5-7H2,(H,16,17). The lowest BCUT2D eigenvalue weighted by Gasteiger charge is -2.11. The van der Waals surface area contributed by atoms with Gasteiger partial charge in [0.1, 0.15) is 5.00 Å². The Bertz CT molecular complexity index is 581. The number of hydrogen-bond acceptors (Lipinski definition) is 4. The van der Waals surface area contributed by atoms with Gasteiger partial charge in [-0.25, -0.2) is 0 Å². The molecule has 0 amide bonds. The van der Waals surface area contributed by atoms with Gasteiger partial charge in [-0.05, 0) is 42.9 Å². The number of fused-ring (bicyclic) bond motifs is 1. The minimum absolute atomic E-state index is 0.193. The fourth-order valence-electron chi connectivity index (χ4n) is 2.52. The lowest BCUT2D eigenvalue weighted by Crippen LogP contribution is -2.17. The first-order valence-electron chi connectivity index (χ1n) is 6.08. The monoisotopic (exact) mass is 262 g/mol. The number of nitrogens with one attached hydrogen (secondary N) is 1. The average Bonchev–Trinajstić information content (AvgIpc) is 2.98. The second kappa shape index (κ2) is 4.57. The Hall–Kier alpha value is -1.62. The topological polar surface area (TPSA) is 62.2 Å². The first-order valence-corrected chi connectivity index (χ1v) is 6.85. The van der Waals surface area contributed by atoms with Crippen LogP contribution in [0.4, 0.5) is 5.00 Å². The summed E-state index contributed by atoms with van der Waals surface area (Å²) >= 11 is 1.45. The van der Waals surface area contributed by atoms with Crippen LogP contribution in [0.3, 0.4) is 0 Å². The predicted octanol–water partition coefficient (Wildman–Crippen LogP) is 2.96. The molecule has 1 heterocycles. The summed E-state index contributed by atoms with van der Waals surface area (Å²) in [5, 5.41) is 14.6. The molecule has 1 aliphatic carbocycles. The van der Waals surface area contributed by atoms with Crippen LogP contribution < -0.4 is 5.32 Å². The Kier molecular flexibility index (Phi) is 2.91. The fraction of sp³-hybridized carbons (Fsp3) is 0.385. The van der Waals surface area contributed by atoms with Crippen molar-refractivity contribution in [3.63, 3.8) is 0 Å². The molecule has 2 unspecified atom stereocenters. The van der Waals surface area contributed by atoms with Crippen LogP contribution in [-0.4, -0.2) is 21.5 Å². The normalized spacial score (nSPS) is 23.3. The van der Waals surface area contributed by atoms with Crippen molar-refractivity contribution in [2.75, 3.05) is 5.32 Å². The molecule has 0 saturated heterocycles. The number of carboxylic acids is 1. The maximum Gasteiger partial charge on any atom is 0.306 e. The second-order valence-electron chi connectivity index (χ2n) is 4.72. The van der Waals surface area contributed by atoms with Gasteiger partial charge in [0.05, 0.1) is 11.4 Å². The number of nitrogens with zero attached hydrogens (tertiary/aromatic N) is 1. The molecule has 1 aromatic carbocycles. The molecule has 94 valence electrons. The number of aromatic nitrogens is 1. The molecular formula is C13H14N2O2S. The van der Waals surface area contributed by atoms with Crippen molar-refractivity contribution in [3.8, 4) is 0 Å². The number of aliphatic carboxylic acids is 1. The lowest BCUT2D eigenvalue weighted by atomic mass is 10.1. The Morgan fingerprint density at radius 2 is 2.22 bits per heavy atom. The molecule has 3 rings (SSSR count). The molecule has 2 aromatic rings. The van der Waals surface area contributed by atoms with Gasteiger partial charge in [-0.15, -0.1) is 0 Å². The first-order chi connectivity index (χ1) is 8.74. The number of rotatable bonds is 3. The maximum absolute atomic E-state index is 10.9. The van der Waals surface area contributed by atoms with E-state index < -0.39 is 5.97 Å². The Morgan fingerprint density at radius 1 is 1.39 bits per heavy atom. The second-order valence-corrected chi connectivity index (χ2v) is 5.49. The molecule has 0 spiro atoms. The van der Waals surface area contributed by atoms with E-state index in [4.69, 9.17) is 5.11 Å². The van der Waals surface area contributed by atoms with Gasteiger partial charge in [0, 0.05) is 11.4 Å². The van der Waals surface area contributed by atoms with Crippen LogP contribution >= 0.6 is 11.5 Å². The highest BCUT2D eigenvalue weighted by Gasteiger charge is 2.30. The lowest BCUT2D eigenvalue weighted by molar-refractivity contribution is -0.141. The van der Waals surface area contributed by atoms with Gasteiger partial charge >= 0.3 is 5.97 Å². The van der Waals surface area contributed by atoms with Crippen molar-refractivity contribution < 1.29 is 9.90 Å². The zero-order valence-corrected chi connectivity index (χ0v) is 10.6. The Morgan fingerprint density at radius 3 is 3.00 bits per heavy atom. The number of carbonyl (C=O) groups is 1. The van der Waals surface area contributed by atoms with Gasteiger partial charge in [-0.2, -0.15) is 4.37 Å². The summed E-state index contributed by atoms with van der Waals surface area (Å²) in [5.74, 6) is -0.866. The molecule has 0 aliphatic heterocycles. The van der Waals surface area contributed by atoms with Gasteiger partial charge in [-0.1, -0.05) is 12.1 Å². The summed E-state index contributed by atoms with van der Waals surface area (Å²) in [5.41, 5.74) is 0.998. The van der Waals surface area contributed by atoms with Gasteiger partial charge in [0.2, 0.25) is 0 Å². The van der Waals surface area contributed by atoms with E-state index >= 15 is 0 Å². The number of hydrogen-bond donors (Lipinski definition) is 2. The summed E-state index contributed by atoms with van der Waals surface area (Å²) in [7, 11) is 0. The van der Waals surface area contributed by atoms with E-state index in [0.717, 1.165) is 28.7 Å². The van der Waals surface area contributed by atoms with Crippen molar-refractivity contribution in [2.24, 2.45) is 5.92 Å². The zero-order chi connectivity index (χ0) is 12.5. The summed E-state index contributed by atoms with van der Waals surface area (Å²) in [6.45, 7) is 0. The highest BCUT2D eigenvalue weighted by Crippen LogP contribution is 2.33. The molecule has 1 aliphatic rings. The Balaban J connectivity index is 1.76. The summed E-state index contributed by atoms with van der Waals surface area (Å²) in [4.78, 5) is 10.9. The molecular weight excluding hydrogens is 248 g/mol. The molecule has 1 aromatic heterocycles. The molecule has 4 nitrogen and oxygen atoms in total. The van der Waals surface area contributed by atoms with Gasteiger partial charge in [0.15, 0.2) is 0 Å². The number of carboxylic acid groups (broad SMARTS) is 1. The summed E-state index contributed by atoms with van der Waals surface area (Å²) in [6, 6.07) is 8.27. The van der Waals surface area contributed by atoms with Crippen LogP contribution in [0.15, 0.2) is 24.3 Å². The molecule has 1 saturated carbocycles.